The van der Waals surface area contributed by atoms with E-state index in [-0.39, 0.29) is 5.75 Å². The molecule has 1 aromatic carbocycles. The fraction of sp³-hybridized carbons (Fsp3) is 0.500. The van der Waals surface area contributed by atoms with Gasteiger partial charge < -0.3 is 14.8 Å². The van der Waals surface area contributed by atoms with Crippen molar-refractivity contribution in [3.8, 4) is 5.75 Å². The van der Waals surface area contributed by atoms with Gasteiger partial charge in [0, 0.05) is 26.2 Å². The second-order valence-electron chi connectivity index (χ2n) is 5.03. The van der Waals surface area contributed by atoms with Crippen LogP contribution in [0.4, 0.5) is 23.7 Å². The van der Waals surface area contributed by atoms with Gasteiger partial charge in [0.2, 0.25) is 0 Å². The zero-order valence-electron chi connectivity index (χ0n) is 12.9. The van der Waals surface area contributed by atoms with Crippen molar-refractivity contribution in [2.24, 2.45) is 0 Å². The maximum Gasteiger partial charge on any atom is 0.573 e. The van der Waals surface area contributed by atoms with Gasteiger partial charge in [0.05, 0.1) is 18.9 Å². The zero-order chi connectivity index (χ0) is 17.4. The quantitative estimate of drug-likeness (QED) is 0.680. The normalized spacial score (nSPS) is 15.6. The van der Waals surface area contributed by atoms with Crippen molar-refractivity contribution < 1.29 is 27.4 Å². The van der Waals surface area contributed by atoms with E-state index >= 15 is 0 Å². The summed E-state index contributed by atoms with van der Waals surface area (Å²) in [6.07, 6.45) is -4.73. The number of amides is 2. The van der Waals surface area contributed by atoms with E-state index in [4.69, 9.17) is 4.74 Å². The highest BCUT2D eigenvalue weighted by molar-refractivity contribution is 5.75. The van der Waals surface area contributed by atoms with Crippen LogP contribution in [0.5, 0.6) is 5.75 Å². The number of hydrazine groups is 1. The van der Waals surface area contributed by atoms with Crippen LogP contribution in [0.25, 0.3) is 0 Å². The number of nitrogens with one attached hydrogen (secondary N) is 3. The van der Waals surface area contributed by atoms with Gasteiger partial charge in [-0.25, -0.2) is 4.79 Å². The molecule has 0 radical (unpaired) electrons. The van der Waals surface area contributed by atoms with Crippen molar-refractivity contribution in [2.45, 2.75) is 6.36 Å². The first-order chi connectivity index (χ1) is 11.4. The second-order valence-corrected chi connectivity index (χ2v) is 5.03. The Labute approximate surface area is 137 Å². The molecular weight excluding hydrogens is 329 g/mol. The van der Waals surface area contributed by atoms with Crippen molar-refractivity contribution in [2.75, 3.05) is 44.8 Å². The molecule has 0 aromatic heterocycles. The number of benzene rings is 1. The Kier molecular flexibility index (Phi) is 6.50. The van der Waals surface area contributed by atoms with Crippen LogP contribution in [0, 0.1) is 0 Å². The number of morpholine rings is 1. The molecule has 7 nitrogen and oxygen atoms in total. The van der Waals surface area contributed by atoms with Gasteiger partial charge in [-0.15, -0.1) is 13.2 Å². The number of hydrogen-bond donors (Lipinski definition) is 3. The van der Waals surface area contributed by atoms with Gasteiger partial charge in [-0.05, 0) is 24.3 Å². The van der Waals surface area contributed by atoms with E-state index in [1.165, 1.54) is 12.1 Å². The largest absolute Gasteiger partial charge is 0.573 e. The molecule has 0 saturated carbocycles. The summed E-state index contributed by atoms with van der Waals surface area (Å²) in [6, 6.07) is 4.57. The summed E-state index contributed by atoms with van der Waals surface area (Å²) in [6.45, 7) is 4.28. The van der Waals surface area contributed by atoms with Gasteiger partial charge in [-0.3, -0.25) is 15.8 Å². The molecule has 1 heterocycles. The number of alkyl halides is 3. The highest BCUT2D eigenvalue weighted by Gasteiger charge is 2.30. The fourth-order valence-electron chi connectivity index (χ4n) is 2.07. The molecule has 1 fully saturated rings. The van der Waals surface area contributed by atoms with E-state index in [0.29, 0.717) is 25.4 Å². The average molecular weight is 348 g/mol. The van der Waals surface area contributed by atoms with E-state index < -0.39 is 12.4 Å². The average Bonchev–Trinajstić information content (AvgIpc) is 2.54. The number of carbonyl (C=O) groups excluding carboxylic acids is 1. The molecule has 0 spiro atoms. The van der Waals surface area contributed by atoms with Crippen LogP contribution in [0.3, 0.4) is 0 Å². The Morgan fingerprint density at radius 3 is 2.50 bits per heavy atom. The number of urea groups is 1. The molecule has 0 bridgehead atoms. The van der Waals surface area contributed by atoms with E-state index in [0.717, 1.165) is 31.8 Å². The van der Waals surface area contributed by atoms with Gasteiger partial charge in [0.15, 0.2) is 0 Å². The van der Waals surface area contributed by atoms with Crippen LogP contribution < -0.4 is 20.9 Å². The molecule has 24 heavy (non-hydrogen) atoms. The monoisotopic (exact) mass is 348 g/mol. The first-order valence-corrected chi connectivity index (χ1v) is 7.38. The molecule has 0 aliphatic carbocycles. The fourth-order valence-corrected chi connectivity index (χ4v) is 2.07. The minimum atomic E-state index is -4.73. The third-order valence-corrected chi connectivity index (χ3v) is 3.23. The molecule has 0 unspecified atom stereocenters. The number of anilines is 1. The Balaban J connectivity index is 1.64. The lowest BCUT2D eigenvalue weighted by Crippen LogP contribution is -2.44. The van der Waals surface area contributed by atoms with Crippen LogP contribution in [0.1, 0.15) is 0 Å². The van der Waals surface area contributed by atoms with Crippen LogP contribution in [0.2, 0.25) is 0 Å². The third-order valence-electron chi connectivity index (χ3n) is 3.23. The van der Waals surface area contributed by atoms with Gasteiger partial charge in [0.1, 0.15) is 5.75 Å². The minimum absolute atomic E-state index is 0.331. The molecule has 2 amide bonds. The standard InChI is InChI=1S/C14H19F3N4O3/c15-14(16,17)24-12-3-1-11(2-4-12)19-20-13(22)18-5-6-21-7-9-23-10-8-21/h1-4,19H,5-10H2,(H2,18,20,22). The molecule has 1 saturated heterocycles. The Hall–Kier alpha value is -2.20. The number of nitrogens with zero attached hydrogens (tertiary/aromatic N) is 1. The molecule has 1 aromatic rings. The summed E-state index contributed by atoms with van der Waals surface area (Å²) >= 11 is 0. The summed E-state index contributed by atoms with van der Waals surface area (Å²) < 4.78 is 45.1. The summed E-state index contributed by atoms with van der Waals surface area (Å²) in [5.74, 6) is -0.331. The Morgan fingerprint density at radius 1 is 1.21 bits per heavy atom. The number of rotatable bonds is 6. The van der Waals surface area contributed by atoms with Gasteiger partial charge in [0.25, 0.3) is 0 Å². The molecule has 134 valence electrons. The van der Waals surface area contributed by atoms with Crippen LogP contribution in [-0.4, -0.2) is 56.7 Å². The van der Waals surface area contributed by atoms with E-state index in [1.54, 1.807) is 0 Å². The highest BCUT2D eigenvalue weighted by atomic mass is 19.4. The molecule has 1 aliphatic rings. The second kappa shape index (κ2) is 8.60. The first kappa shape index (κ1) is 18.1. The minimum Gasteiger partial charge on any atom is -0.406 e. The topological polar surface area (TPSA) is 74.9 Å². The lowest BCUT2D eigenvalue weighted by atomic mass is 10.3. The van der Waals surface area contributed by atoms with E-state index in [1.807, 2.05) is 0 Å². The Morgan fingerprint density at radius 2 is 1.88 bits per heavy atom. The van der Waals surface area contributed by atoms with Crippen molar-refractivity contribution in [1.29, 1.82) is 0 Å². The molecule has 2 rings (SSSR count). The number of ether oxygens (including phenoxy) is 2. The van der Waals surface area contributed by atoms with E-state index in [2.05, 4.69) is 25.8 Å². The predicted molar refractivity (Wildman–Crippen MR) is 80.5 cm³/mol. The summed E-state index contributed by atoms with van der Waals surface area (Å²) in [4.78, 5) is 13.8. The number of halogens is 3. The van der Waals surface area contributed by atoms with Crippen LogP contribution >= 0.6 is 0 Å². The van der Waals surface area contributed by atoms with Crippen LogP contribution in [0.15, 0.2) is 24.3 Å². The smallest absolute Gasteiger partial charge is 0.406 e. The van der Waals surface area contributed by atoms with Gasteiger partial charge >= 0.3 is 12.4 Å². The number of carbonyl (C=O) groups is 1. The number of hydrogen-bond acceptors (Lipinski definition) is 5. The van der Waals surface area contributed by atoms with Gasteiger partial charge in [-0.1, -0.05) is 0 Å². The van der Waals surface area contributed by atoms with Crippen molar-refractivity contribution in [3.63, 3.8) is 0 Å². The molecular formula is C14H19F3N4O3. The Bertz CT molecular complexity index is 519. The van der Waals surface area contributed by atoms with E-state index in [9.17, 15) is 18.0 Å². The molecule has 0 atom stereocenters. The summed E-state index contributed by atoms with van der Waals surface area (Å²) in [7, 11) is 0. The van der Waals surface area contributed by atoms with Crippen molar-refractivity contribution in [1.82, 2.24) is 15.6 Å². The molecule has 1 aliphatic heterocycles. The van der Waals surface area contributed by atoms with Crippen molar-refractivity contribution >= 4 is 11.7 Å². The summed E-state index contributed by atoms with van der Waals surface area (Å²) in [5, 5.41) is 2.67. The lowest BCUT2D eigenvalue weighted by Gasteiger charge is -2.26. The molecule has 3 N–H and O–H groups in total. The summed E-state index contributed by atoms with van der Waals surface area (Å²) in [5.41, 5.74) is 5.41. The zero-order valence-corrected chi connectivity index (χ0v) is 12.9. The third kappa shape index (κ3) is 6.92. The highest BCUT2D eigenvalue weighted by Crippen LogP contribution is 2.23. The SMILES string of the molecule is O=C(NCCN1CCOCC1)NNc1ccc(OC(F)(F)F)cc1. The lowest BCUT2D eigenvalue weighted by molar-refractivity contribution is -0.274. The first-order valence-electron chi connectivity index (χ1n) is 7.38. The molecule has 10 heteroatoms. The van der Waals surface area contributed by atoms with Crippen LogP contribution in [-0.2, 0) is 4.74 Å². The predicted octanol–water partition coefficient (Wildman–Crippen LogP) is 1.54. The van der Waals surface area contributed by atoms with Crippen molar-refractivity contribution in [3.05, 3.63) is 24.3 Å². The van der Waals surface area contributed by atoms with Gasteiger partial charge in [-0.2, -0.15) is 0 Å². The maximum atomic E-state index is 12.0. The maximum absolute atomic E-state index is 12.0.